The van der Waals surface area contributed by atoms with Crippen LogP contribution in [0.1, 0.15) is 36.8 Å². The largest absolute Gasteiger partial charge is 0.492 e. The molecule has 0 radical (unpaired) electrons. The first kappa shape index (κ1) is 32.5. The van der Waals surface area contributed by atoms with Gasteiger partial charge >= 0.3 is 0 Å². The Bertz CT molecular complexity index is 1410. The second-order valence-electron chi connectivity index (χ2n) is 9.72. The van der Waals surface area contributed by atoms with E-state index in [2.05, 4.69) is 10.6 Å². The van der Waals surface area contributed by atoms with E-state index in [4.69, 9.17) is 55.9 Å². The van der Waals surface area contributed by atoms with E-state index in [1.54, 1.807) is 36.4 Å². The van der Waals surface area contributed by atoms with Gasteiger partial charge in [0.1, 0.15) is 11.5 Å². The molecule has 0 fully saturated rings. The smallest absolute Gasteiger partial charge is 0.224 e. The highest BCUT2D eigenvalue weighted by Gasteiger charge is 2.08. The Kier molecular flexibility index (Phi) is 12.4. The minimum atomic E-state index is -0.0883. The number of benzene rings is 4. The number of nitrogens with one attached hydrogen (secondary N) is 2. The molecule has 2 N–H and O–H groups in total. The van der Waals surface area contributed by atoms with Crippen LogP contribution in [0.2, 0.25) is 20.1 Å². The van der Waals surface area contributed by atoms with E-state index < -0.39 is 0 Å². The van der Waals surface area contributed by atoms with E-state index in [9.17, 15) is 9.59 Å². The van der Waals surface area contributed by atoms with Gasteiger partial charge in [-0.3, -0.25) is 9.59 Å². The summed E-state index contributed by atoms with van der Waals surface area (Å²) in [4.78, 5) is 24.6. The molecule has 0 saturated heterocycles. The van der Waals surface area contributed by atoms with Gasteiger partial charge in [0.25, 0.3) is 0 Å². The summed E-state index contributed by atoms with van der Waals surface area (Å²) in [6.45, 7) is 0.734. The molecule has 2 amide bonds. The van der Waals surface area contributed by atoms with Crippen LogP contribution in [0.4, 0.5) is 11.4 Å². The van der Waals surface area contributed by atoms with Crippen molar-refractivity contribution in [2.24, 2.45) is 0 Å². The number of carbonyl (C=O) groups excluding carboxylic acids is 2. The van der Waals surface area contributed by atoms with E-state index in [0.717, 1.165) is 28.9 Å². The maximum absolute atomic E-state index is 12.3. The fourth-order valence-corrected chi connectivity index (χ4v) is 5.03. The third-order valence-electron chi connectivity index (χ3n) is 6.28. The summed E-state index contributed by atoms with van der Waals surface area (Å²) >= 11 is 24.0. The first-order valence-electron chi connectivity index (χ1n) is 13.7. The lowest BCUT2D eigenvalue weighted by Gasteiger charge is -2.10. The van der Waals surface area contributed by atoms with Crippen molar-refractivity contribution in [3.8, 4) is 11.5 Å². The van der Waals surface area contributed by atoms with E-state index in [-0.39, 0.29) is 11.8 Å². The normalized spacial score (nSPS) is 10.7. The van der Waals surface area contributed by atoms with E-state index in [0.29, 0.717) is 70.5 Å². The van der Waals surface area contributed by atoms with Crippen LogP contribution in [0.3, 0.4) is 0 Å². The highest BCUT2D eigenvalue weighted by molar-refractivity contribution is 6.36. The number of anilines is 2. The predicted molar refractivity (Wildman–Crippen MR) is 175 cm³/mol. The van der Waals surface area contributed by atoms with Crippen LogP contribution in [-0.2, 0) is 16.0 Å². The molecule has 43 heavy (non-hydrogen) atoms. The summed E-state index contributed by atoms with van der Waals surface area (Å²) in [5.41, 5.74) is 3.66. The van der Waals surface area contributed by atoms with Crippen molar-refractivity contribution in [3.05, 3.63) is 116 Å². The number of hydrogen-bond acceptors (Lipinski definition) is 4. The highest BCUT2D eigenvalue weighted by Crippen LogP contribution is 2.28. The molecule has 0 aromatic heterocycles. The van der Waals surface area contributed by atoms with Gasteiger partial charge in [-0.05, 0) is 91.1 Å². The number of ether oxygens (including phenoxy) is 2. The van der Waals surface area contributed by atoms with Crippen LogP contribution >= 0.6 is 46.4 Å². The van der Waals surface area contributed by atoms with Crippen molar-refractivity contribution in [3.63, 3.8) is 0 Å². The Hall–Kier alpha value is -3.42. The van der Waals surface area contributed by atoms with Crippen molar-refractivity contribution in [2.45, 2.75) is 32.1 Å². The van der Waals surface area contributed by atoms with Crippen molar-refractivity contribution < 1.29 is 19.1 Å². The van der Waals surface area contributed by atoms with Gasteiger partial charge in [-0.25, -0.2) is 0 Å². The molecule has 0 aliphatic carbocycles. The zero-order valence-corrected chi connectivity index (χ0v) is 26.2. The summed E-state index contributed by atoms with van der Waals surface area (Å²) in [5, 5.41) is 7.78. The van der Waals surface area contributed by atoms with Gasteiger partial charge in [0.05, 0.1) is 23.3 Å². The molecule has 0 aliphatic heterocycles. The molecule has 0 atom stereocenters. The number of carbonyl (C=O) groups is 2. The number of amides is 2. The molecule has 4 aromatic carbocycles. The average Bonchev–Trinajstić information content (AvgIpc) is 2.97. The lowest BCUT2D eigenvalue weighted by atomic mass is 10.0. The predicted octanol–water partition coefficient (Wildman–Crippen LogP) is 9.49. The fourth-order valence-electron chi connectivity index (χ4n) is 4.11. The van der Waals surface area contributed by atoms with Crippen LogP contribution in [-0.4, -0.2) is 25.0 Å². The van der Waals surface area contributed by atoms with Gasteiger partial charge in [-0.1, -0.05) is 70.7 Å². The lowest BCUT2D eigenvalue weighted by molar-refractivity contribution is -0.117. The minimum absolute atomic E-state index is 0.0883. The maximum atomic E-state index is 12.3. The van der Waals surface area contributed by atoms with Crippen LogP contribution in [0.15, 0.2) is 84.9 Å². The average molecular weight is 660 g/mol. The zero-order chi connectivity index (χ0) is 30.6. The Morgan fingerprint density at radius 1 is 0.558 bits per heavy atom. The molecule has 0 aliphatic rings. The Labute approximate surface area is 271 Å². The first-order chi connectivity index (χ1) is 20.7. The Morgan fingerprint density at radius 3 is 1.33 bits per heavy atom. The second-order valence-corrected chi connectivity index (χ2v) is 11.4. The summed E-state index contributed by atoms with van der Waals surface area (Å²) < 4.78 is 11.3. The molecule has 10 heteroatoms. The van der Waals surface area contributed by atoms with Crippen molar-refractivity contribution in [1.82, 2.24) is 0 Å². The molecule has 0 saturated carbocycles. The summed E-state index contributed by atoms with van der Waals surface area (Å²) in [7, 11) is 0. The van der Waals surface area contributed by atoms with Crippen LogP contribution in [0.25, 0.3) is 0 Å². The summed E-state index contributed by atoms with van der Waals surface area (Å²) in [6, 6.07) is 25.5. The molecule has 0 spiro atoms. The van der Waals surface area contributed by atoms with Gasteiger partial charge in [-0.2, -0.15) is 0 Å². The van der Waals surface area contributed by atoms with Crippen molar-refractivity contribution in [1.29, 1.82) is 0 Å². The van der Waals surface area contributed by atoms with Crippen LogP contribution < -0.4 is 20.1 Å². The van der Waals surface area contributed by atoms with Crippen molar-refractivity contribution in [2.75, 3.05) is 23.8 Å². The quantitative estimate of drug-likeness (QED) is 0.132. The number of rotatable bonds is 14. The Morgan fingerprint density at radius 2 is 0.953 bits per heavy atom. The zero-order valence-electron chi connectivity index (χ0n) is 23.2. The molecule has 6 nitrogen and oxygen atoms in total. The van der Waals surface area contributed by atoms with Gasteiger partial charge in [0.15, 0.2) is 0 Å². The molecule has 0 heterocycles. The van der Waals surface area contributed by atoms with Gasteiger partial charge in [-0.15, -0.1) is 0 Å². The standard InChI is InChI=1S/C33H30Cl4N2O4/c34-24-9-15-30(28(36)20-24)42-17-1-3-32(40)38-26-11-5-22(6-12-26)19-23-7-13-27(14-8-23)39-33(41)4-2-18-43-31-16-10-25(35)21-29(31)37/h5-16,20-21H,1-4,17-19H2,(H,38,40)(H,39,41). The van der Waals surface area contributed by atoms with Gasteiger partial charge < -0.3 is 20.1 Å². The first-order valence-corrected chi connectivity index (χ1v) is 15.2. The molecule has 4 rings (SSSR count). The SMILES string of the molecule is O=C(CCCOc1ccc(Cl)cc1Cl)Nc1ccc(Cc2ccc(NC(=O)CCCOc3ccc(Cl)cc3Cl)cc2)cc1. The lowest BCUT2D eigenvalue weighted by Crippen LogP contribution is -2.13. The Balaban J connectivity index is 1.13. The second kappa shape index (κ2) is 16.4. The van der Waals surface area contributed by atoms with E-state index in [1.165, 1.54) is 0 Å². The monoisotopic (exact) mass is 658 g/mol. The topological polar surface area (TPSA) is 76.7 Å². The third-order valence-corrected chi connectivity index (χ3v) is 7.34. The molecular formula is C33H30Cl4N2O4. The van der Waals surface area contributed by atoms with Gasteiger partial charge in [0, 0.05) is 34.3 Å². The molecule has 0 unspecified atom stereocenters. The van der Waals surface area contributed by atoms with Gasteiger partial charge in [0.2, 0.25) is 11.8 Å². The van der Waals surface area contributed by atoms with Crippen molar-refractivity contribution >= 4 is 69.6 Å². The van der Waals surface area contributed by atoms with E-state index in [1.807, 2.05) is 48.5 Å². The summed E-state index contributed by atoms with van der Waals surface area (Å²) in [5.74, 6) is 0.908. The third kappa shape index (κ3) is 11.0. The highest BCUT2D eigenvalue weighted by atomic mass is 35.5. The van der Waals surface area contributed by atoms with Crippen LogP contribution in [0, 0.1) is 0 Å². The maximum Gasteiger partial charge on any atom is 0.224 e. The molecule has 0 bridgehead atoms. The molecular weight excluding hydrogens is 630 g/mol. The van der Waals surface area contributed by atoms with E-state index >= 15 is 0 Å². The minimum Gasteiger partial charge on any atom is -0.492 e. The fraction of sp³-hybridized carbons (Fsp3) is 0.212. The number of hydrogen-bond donors (Lipinski definition) is 2. The molecule has 224 valence electrons. The summed E-state index contributed by atoms with van der Waals surface area (Å²) in [6.07, 6.45) is 2.46. The van der Waals surface area contributed by atoms with Crippen LogP contribution in [0.5, 0.6) is 11.5 Å². The number of halogens is 4. The molecule has 4 aromatic rings.